The number of rotatable bonds is 65. The van der Waals surface area contributed by atoms with Crippen LogP contribution in [0.2, 0.25) is 0 Å². The average molecular weight is 1280 g/mol. The van der Waals surface area contributed by atoms with E-state index in [1.807, 2.05) is 0 Å². The van der Waals surface area contributed by atoms with Crippen molar-refractivity contribution in [1.82, 2.24) is 0 Å². The molecule has 3 N–H and O–H groups in total. The van der Waals surface area contributed by atoms with E-state index < -0.39 is 97.5 Å². The SMILES string of the molecule is CCC(C)CCCCCCCCCCCCC(=O)O[C@H](COC(=O)CCCCCCCCC(C)C)COP(=O)(O)OC[C@H](O)COP(=O)(O)OC[C@@H](COC(=O)CCCCCCCCCCCCC(C)C)OC(=O)CCCCCCCCCCC(C)C. The maximum absolute atomic E-state index is 13.0. The van der Waals surface area contributed by atoms with Crippen LogP contribution in [0.3, 0.4) is 0 Å². The van der Waals surface area contributed by atoms with Gasteiger partial charge >= 0.3 is 39.5 Å². The second-order valence-electron chi connectivity index (χ2n) is 26.2. The molecular formula is C68H132O17P2. The first-order valence-electron chi connectivity index (χ1n) is 35.2. The van der Waals surface area contributed by atoms with E-state index in [2.05, 4.69) is 55.4 Å². The highest BCUT2D eigenvalue weighted by Gasteiger charge is 2.30. The van der Waals surface area contributed by atoms with Gasteiger partial charge in [-0.1, -0.05) is 280 Å². The van der Waals surface area contributed by atoms with Crippen molar-refractivity contribution < 1.29 is 80.2 Å². The monoisotopic (exact) mass is 1280 g/mol. The van der Waals surface area contributed by atoms with Gasteiger partial charge in [0.15, 0.2) is 12.2 Å². The summed E-state index contributed by atoms with van der Waals surface area (Å²) in [6.07, 6.45) is 39.0. The minimum Gasteiger partial charge on any atom is -0.462 e. The smallest absolute Gasteiger partial charge is 0.462 e. The fourth-order valence-electron chi connectivity index (χ4n) is 10.1. The highest BCUT2D eigenvalue weighted by atomic mass is 31.2. The van der Waals surface area contributed by atoms with E-state index in [9.17, 15) is 43.2 Å². The largest absolute Gasteiger partial charge is 0.472 e. The van der Waals surface area contributed by atoms with Crippen LogP contribution in [0.25, 0.3) is 0 Å². The van der Waals surface area contributed by atoms with E-state index in [0.29, 0.717) is 31.6 Å². The summed E-state index contributed by atoms with van der Waals surface area (Å²) in [4.78, 5) is 72.4. The Balaban J connectivity index is 5.25. The van der Waals surface area contributed by atoms with Crippen LogP contribution in [0.15, 0.2) is 0 Å². The molecule has 0 aliphatic carbocycles. The van der Waals surface area contributed by atoms with Gasteiger partial charge in [0.25, 0.3) is 0 Å². The van der Waals surface area contributed by atoms with Crippen LogP contribution in [0, 0.1) is 23.7 Å². The summed E-state index contributed by atoms with van der Waals surface area (Å²) in [5.41, 5.74) is 0. The number of esters is 4. The Bertz CT molecular complexity index is 1730. The Kier molecular flexibility index (Phi) is 56.6. The minimum atomic E-state index is -4.95. The van der Waals surface area contributed by atoms with Crippen LogP contribution in [0.5, 0.6) is 0 Å². The second-order valence-corrected chi connectivity index (χ2v) is 29.1. The third-order valence-electron chi connectivity index (χ3n) is 15.9. The molecule has 0 bridgehead atoms. The molecule has 0 saturated carbocycles. The molecule has 0 rings (SSSR count). The quantitative estimate of drug-likeness (QED) is 0.0222. The number of ether oxygens (including phenoxy) is 4. The summed E-state index contributed by atoms with van der Waals surface area (Å²) in [5, 5.41) is 10.6. The summed E-state index contributed by atoms with van der Waals surface area (Å²) >= 11 is 0. The van der Waals surface area contributed by atoms with Gasteiger partial charge in [-0.3, -0.25) is 37.3 Å². The third kappa shape index (κ3) is 61.3. The van der Waals surface area contributed by atoms with E-state index >= 15 is 0 Å². The van der Waals surface area contributed by atoms with E-state index in [1.54, 1.807) is 0 Å². The zero-order chi connectivity index (χ0) is 64.7. The molecule has 0 spiro atoms. The normalized spacial score (nSPS) is 14.6. The predicted octanol–water partition coefficient (Wildman–Crippen LogP) is 18.9. The van der Waals surface area contributed by atoms with Gasteiger partial charge < -0.3 is 33.8 Å². The average Bonchev–Trinajstić information content (AvgIpc) is 3.69. The molecule has 87 heavy (non-hydrogen) atoms. The number of aliphatic hydroxyl groups excluding tert-OH is 1. The maximum atomic E-state index is 13.0. The van der Waals surface area contributed by atoms with Crippen molar-refractivity contribution in [3.8, 4) is 0 Å². The Morgan fingerprint density at radius 2 is 0.552 bits per heavy atom. The van der Waals surface area contributed by atoms with E-state index in [1.165, 1.54) is 128 Å². The number of hydrogen-bond donors (Lipinski definition) is 3. The van der Waals surface area contributed by atoms with E-state index in [-0.39, 0.29) is 25.7 Å². The highest BCUT2D eigenvalue weighted by molar-refractivity contribution is 7.47. The van der Waals surface area contributed by atoms with Crippen molar-refractivity contribution in [2.75, 3.05) is 39.6 Å². The summed E-state index contributed by atoms with van der Waals surface area (Å²) in [6, 6.07) is 0. The Hall–Kier alpha value is -1.94. The number of phosphoric acid groups is 2. The molecular weight excluding hydrogens is 1150 g/mol. The van der Waals surface area contributed by atoms with Crippen molar-refractivity contribution in [3.05, 3.63) is 0 Å². The molecule has 0 aromatic heterocycles. The first-order valence-corrected chi connectivity index (χ1v) is 38.2. The Labute approximate surface area is 530 Å². The van der Waals surface area contributed by atoms with E-state index in [4.69, 9.17) is 37.0 Å². The fourth-order valence-corrected chi connectivity index (χ4v) is 11.7. The van der Waals surface area contributed by atoms with E-state index in [0.717, 1.165) is 114 Å². The Morgan fingerprint density at radius 1 is 0.322 bits per heavy atom. The second kappa shape index (κ2) is 57.9. The van der Waals surface area contributed by atoms with Gasteiger partial charge in [0.1, 0.15) is 19.3 Å². The molecule has 3 unspecified atom stereocenters. The first-order chi connectivity index (χ1) is 41.6. The van der Waals surface area contributed by atoms with Gasteiger partial charge in [-0.2, -0.15) is 0 Å². The van der Waals surface area contributed by atoms with Crippen LogP contribution in [-0.2, 0) is 65.4 Å². The summed E-state index contributed by atoms with van der Waals surface area (Å²) in [6.45, 7) is 14.0. The van der Waals surface area contributed by atoms with Gasteiger partial charge in [0.05, 0.1) is 26.4 Å². The number of phosphoric ester groups is 2. The minimum absolute atomic E-state index is 0.104. The van der Waals surface area contributed by atoms with Gasteiger partial charge in [0.2, 0.25) is 0 Å². The van der Waals surface area contributed by atoms with Crippen molar-refractivity contribution in [2.45, 2.75) is 350 Å². The summed E-state index contributed by atoms with van der Waals surface area (Å²) in [5.74, 6) is 0.824. The van der Waals surface area contributed by atoms with Crippen LogP contribution in [0.1, 0.15) is 331 Å². The number of hydrogen-bond acceptors (Lipinski definition) is 15. The molecule has 0 aliphatic heterocycles. The fraction of sp³-hybridized carbons (Fsp3) is 0.941. The zero-order valence-electron chi connectivity index (χ0n) is 56.6. The van der Waals surface area contributed by atoms with Gasteiger partial charge in [-0.15, -0.1) is 0 Å². The van der Waals surface area contributed by atoms with Crippen molar-refractivity contribution in [2.24, 2.45) is 23.7 Å². The molecule has 6 atom stereocenters. The van der Waals surface area contributed by atoms with Crippen molar-refractivity contribution >= 4 is 39.5 Å². The van der Waals surface area contributed by atoms with Gasteiger partial charge in [0, 0.05) is 25.7 Å². The molecule has 0 saturated heterocycles. The molecule has 0 fully saturated rings. The molecule has 0 aromatic carbocycles. The van der Waals surface area contributed by atoms with Crippen LogP contribution in [0.4, 0.5) is 0 Å². The number of aliphatic hydroxyl groups is 1. The predicted molar refractivity (Wildman–Crippen MR) is 349 cm³/mol. The number of unbranched alkanes of at least 4 members (excludes halogenated alkanes) is 30. The maximum Gasteiger partial charge on any atom is 0.472 e. The third-order valence-corrected chi connectivity index (χ3v) is 17.8. The molecule has 0 amide bonds. The molecule has 0 aliphatic rings. The van der Waals surface area contributed by atoms with Crippen LogP contribution in [-0.4, -0.2) is 96.7 Å². The van der Waals surface area contributed by atoms with Gasteiger partial charge in [-0.05, 0) is 49.4 Å². The van der Waals surface area contributed by atoms with Gasteiger partial charge in [-0.25, -0.2) is 9.13 Å². The lowest BCUT2D eigenvalue weighted by atomic mass is 9.99. The first kappa shape index (κ1) is 85.1. The highest BCUT2D eigenvalue weighted by Crippen LogP contribution is 2.45. The standard InChI is InChI=1S/C68H132O17P2/c1-9-61(8)47-39-31-22-15-11-13-17-24-34-42-50-67(72)84-64(55-79-66(71)49-41-33-27-26-30-38-46-60(6)7)57-83-87(76,77)81-53-62(69)52-80-86(74,75)82-56-63(85-68(73)51-43-35-25-19-18-21-29-37-45-59(4)5)54-78-65(70)48-40-32-23-16-12-10-14-20-28-36-44-58(2)3/h58-64,69H,9-57H2,1-8H3,(H,74,75)(H,76,77)/t61?,62-,63-,64-/m1/s1. The zero-order valence-corrected chi connectivity index (χ0v) is 58.4. The molecule has 0 heterocycles. The van der Waals surface area contributed by atoms with Crippen LogP contribution < -0.4 is 0 Å². The molecule has 516 valence electrons. The summed E-state index contributed by atoms with van der Waals surface area (Å²) < 4.78 is 68.2. The topological polar surface area (TPSA) is 237 Å². The van der Waals surface area contributed by atoms with Crippen molar-refractivity contribution in [3.63, 3.8) is 0 Å². The molecule has 19 heteroatoms. The number of carbonyl (C=O) groups excluding carboxylic acids is 4. The Morgan fingerprint density at radius 3 is 0.816 bits per heavy atom. The molecule has 0 radical (unpaired) electrons. The van der Waals surface area contributed by atoms with Crippen LogP contribution >= 0.6 is 15.6 Å². The lowest BCUT2D eigenvalue weighted by Gasteiger charge is -2.21. The molecule has 17 nitrogen and oxygen atoms in total. The number of carbonyl (C=O) groups is 4. The lowest BCUT2D eigenvalue weighted by Crippen LogP contribution is -2.30. The summed E-state index contributed by atoms with van der Waals surface area (Å²) in [7, 11) is -9.90. The molecule has 0 aromatic rings. The lowest BCUT2D eigenvalue weighted by molar-refractivity contribution is -0.161. The van der Waals surface area contributed by atoms with Crippen molar-refractivity contribution in [1.29, 1.82) is 0 Å².